The number of nitrogens with zero attached hydrogens (tertiary/aromatic N) is 5. The Labute approximate surface area is 164 Å². The molecule has 0 aliphatic carbocycles. The summed E-state index contributed by atoms with van der Waals surface area (Å²) < 4.78 is 8.84. The molecule has 1 aromatic carbocycles. The van der Waals surface area contributed by atoms with Crippen molar-refractivity contribution in [2.45, 2.75) is 13.5 Å². The molecule has 0 radical (unpaired) electrons. The molecule has 11 heteroatoms. The summed E-state index contributed by atoms with van der Waals surface area (Å²) >= 11 is 0. The third-order valence-electron chi connectivity index (χ3n) is 4.22. The molecule has 29 heavy (non-hydrogen) atoms. The number of imidazole rings is 1. The molecule has 0 aliphatic rings. The smallest absolute Gasteiger partial charge is 0.332 e. The number of aryl methyl sites for hydroxylation is 1. The van der Waals surface area contributed by atoms with Crippen LogP contribution in [0.25, 0.3) is 11.2 Å². The zero-order valence-electron chi connectivity index (χ0n) is 16.1. The number of ether oxygens (including phenoxy) is 1. The molecule has 3 rings (SSSR count). The number of phenolic OH excluding ortho intramolecular Hbond substituents is 1. The van der Waals surface area contributed by atoms with Gasteiger partial charge in [-0.05, 0) is 30.7 Å². The SMILES string of the molecule is CCOc1cc(/C=N\NC(=O)Cn2cnc3c2c(=O)n(C)c(=O)n3C)ccc1O. The Kier molecular flexibility index (Phi) is 5.48. The third-order valence-corrected chi connectivity index (χ3v) is 4.22. The van der Waals surface area contributed by atoms with Crippen LogP contribution in [-0.2, 0) is 25.4 Å². The minimum atomic E-state index is -0.538. The standard InChI is InChI=1S/C18H20N6O5/c1-4-29-13-7-11(5-6-12(13)25)8-20-21-14(26)9-24-10-19-16-15(24)17(27)23(3)18(28)22(16)2/h5-8,10,25H,4,9H2,1-3H3,(H,21,26)/b20-8-. The van der Waals surface area contributed by atoms with Crippen molar-refractivity contribution in [3.05, 3.63) is 50.9 Å². The van der Waals surface area contributed by atoms with Gasteiger partial charge in [-0.25, -0.2) is 15.2 Å². The number of hydrogen-bond donors (Lipinski definition) is 2. The monoisotopic (exact) mass is 400 g/mol. The molecule has 0 unspecified atom stereocenters. The number of carbonyl (C=O) groups excluding carboxylic acids is 1. The first-order valence-corrected chi connectivity index (χ1v) is 8.72. The summed E-state index contributed by atoms with van der Waals surface area (Å²) in [6.07, 6.45) is 2.72. The maximum atomic E-state index is 12.4. The predicted molar refractivity (Wildman–Crippen MR) is 105 cm³/mol. The van der Waals surface area contributed by atoms with E-state index >= 15 is 0 Å². The fraction of sp³-hybridized carbons (Fsp3) is 0.278. The summed E-state index contributed by atoms with van der Waals surface area (Å²) in [5, 5.41) is 13.6. The normalized spacial score (nSPS) is 11.3. The van der Waals surface area contributed by atoms with E-state index in [1.54, 1.807) is 19.1 Å². The van der Waals surface area contributed by atoms with Crippen molar-refractivity contribution >= 4 is 23.3 Å². The number of carbonyl (C=O) groups is 1. The Morgan fingerprint density at radius 1 is 1.31 bits per heavy atom. The van der Waals surface area contributed by atoms with Crippen molar-refractivity contribution in [1.29, 1.82) is 0 Å². The third kappa shape index (κ3) is 3.88. The summed E-state index contributed by atoms with van der Waals surface area (Å²) in [4.78, 5) is 40.6. The van der Waals surface area contributed by atoms with Gasteiger partial charge in [-0.2, -0.15) is 5.10 Å². The lowest BCUT2D eigenvalue weighted by atomic mass is 10.2. The van der Waals surface area contributed by atoms with Gasteiger partial charge in [-0.3, -0.25) is 18.7 Å². The van der Waals surface area contributed by atoms with Crippen LogP contribution in [0, 0.1) is 0 Å². The Hall–Kier alpha value is -3.89. The second-order valence-corrected chi connectivity index (χ2v) is 6.20. The van der Waals surface area contributed by atoms with Crippen LogP contribution in [0.1, 0.15) is 12.5 Å². The number of fused-ring (bicyclic) bond motifs is 1. The second-order valence-electron chi connectivity index (χ2n) is 6.20. The van der Waals surface area contributed by atoms with Crippen LogP contribution in [0.4, 0.5) is 0 Å². The van der Waals surface area contributed by atoms with E-state index in [-0.39, 0.29) is 23.5 Å². The fourth-order valence-electron chi connectivity index (χ4n) is 2.77. The first-order valence-electron chi connectivity index (χ1n) is 8.72. The Morgan fingerprint density at radius 2 is 2.07 bits per heavy atom. The van der Waals surface area contributed by atoms with E-state index in [2.05, 4.69) is 15.5 Å². The lowest BCUT2D eigenvalue weighted by Crippen LogP contribution is -2.38. The van der Waals surface area contributed by atoms with Crippen molar-refractivity contribution in [2.24, 2.45) is 19.2 Å². The Balaban J connectivity index is 1.75. The van der Waals surface area contributed by atoms with Gasteiger partial charge in [-0.1, -0.05) is 0 Å². The van der Waals surface area contributed by atoms with Gasteiger partial charge >= 0.3 is 5.69 Å². The number of aromatic nitrogens is 4. The van der Waals surface area contributed by atoms with E-state index in [1.807, 2.05) is 0 Å². The molecule has 0 saturated heterocycles. The minimum Gasteiger partial charge on any atom is -0.504 e. The molecule has 0 bridgehead atoms. The molecule has 2 aromatic heterocycles. The molecule has 0 aliphatic heterocycles. The average molecular weight is 400 g/mol. The van der Waals surface area contributed by atoms with E-state index < -0.39 is 17.2 Å². The summed E-state index contributed by atoms with van der Waals surface area (Å²) in [5.41, 5.74) is 2.28. The molecule has 0 spiro atoms. The van der Waals surface area contributed by atoms with Gasteiger partial charge in [0.1, 0.15) is 6.54 Å². The van der Waals surface area contributed by atoms with Crippen LogP contribution < -0.4 is 21.4 Å². The molecule has 2 heterocycles. The van der Waals surface area contributed by atoms with Gasteiger partial charge < -0.3 is 14.4 Å². The Morgan fingerprint density at radius 3 is 2.79 bits per heavy atom. The maximum Gasteiger partial charge on any atom is 0.332 e. The van der Waals surface area contributed by atoms with E-state index in [1.165, 1.54) is 41.8 Å². The number of aromatic hydroxyl groups is 1. The molecule has 0 fully saturated rings. The highest BCUT2D eigenvalue weighted by Gasteiger charge is 2.15. The number of rotatable bonds is 6. The molecule has 0 saturated carbocycles. The van der Waals surface area contributed by atoms with Gasteiger partial charge in [0.15, 0.2) is 22.7 Å². The number of hydrazone groups is 1. The molecule has 152 valence electrons. The van der Waals surface area contributed by atoms with Gasteiger partial charge in [0.05, 0.1) is 19.1 Å². The Bertz CT molecular complexity index is 1220. The molecule has 2 N–H and O–H groups in total. The fourth-order valence-corrected chi connectivity index (χ4v) is 2.77. The number of nitrogens with one attached hydrogen (secondary N) is 1. The molecule has 11 nitrogen and oxygen atoms in total. The summed E-state index contributed by atoms with van der Waals surface area (Å²) in [6.45, 7) is 1.99. The lowest BCUT2D eigenvalue weighted by molar-refractivity contribution is -0.121. The van der Waals surface area contributed by atoms with Crippen LogP contribution in [0.3, 0.4) is 0 Å². The van der Waals surface area contributed by atoms with Crippen LogP contribution in [0.5, 0.6) is 11.5 Å². The van der Waals surface area contributed by atoms with Crippen molar-refractivity contribution < 1.29 is 14.6 Å². The molecular weight excluding hydrogens is 380 g/mol. The average Bonchev–Trinajstić information content (AvgIpc) is 3.11. The highest BCUT2D eigenvalue weighted by atomic mass is 16.5. The summed E-state index contributed by atoms with van der Waals surface area (Å²) in [6, 6.07) is 4.66. The van der Waals surface area contributed by atoms with Crippen molar-refractivity contribution in [2.75, 3.05) is 6.61 Å². The first-order chi connectivity index (χ1) is 13.8. The largest absolute Gasteiger partial charge is 0.504 e. The molecule has 1 amide bonds. The lowest BCUT2D eigenvalue weighted by Gasteiger charge is -2.06. The minimum absolute atomic E-state index is 0.0102. The topological polar surface area (TPSA) is 133 Å². The first kappa shape index (κ1) is 19.9. The van der Waals surface area contributed by atoms with Crippen LogP contribution in [0.2, 0.25) is 0 Å². The van der Waals surface area contributed by atoms with E-state index in [4.69, 9.17) is 4.74 Å². The highest BCUT2D eigenvalue weighted by molar-refractivity contribution is 5.83. The van der Waals surface area contributed by atoms with Gasteiger partial charge in [0.2, 0.25) is 0 Å². The molecule has 0 atom stereocenters. The van der Waals surface area contributed by atoms with Crippen molar-refractivity contribution in [3.63, 3.8) is 0 Å². The van der Waals surface area contributed by atoms with E-state index in [0.717, 1.165) is 4.57 Å². The summed E-state index contributed by atoms with van der Waals surface area (Å²) in [5.74, 6) is -0.162. The number of hydrogen-bond acceptors (Lipinski definition) is 7. The van der Waals surface area contributed by atoms with Crippen LogP contribution in [0.15, 0.2) is 39.2 Å². The second kappa shape index (κ2) is 8.00. The van der Waals surface area contributed by atoms with Crippen molar-refractivity contribution in [3.8, 4) is 11.5 Å². The molecule has 3 aromatic rings. The molecular formula is C18H20N6O5. The quantitative estimate of drug-likeness (QED) is 0.431. The van der Waals surface area contributed by atoms with Crippen LogP contribution in [-0.4, -0.2) is 42.5 Å². The zero-order valence-corrected chi connectivity index (χ0v) is 16.1. The zero-order chi connectivity index (χ0) is 21.1. The summed E-state index contributed by atoms with van der Waals surface area (Å²) in [7, 11) is 2.86. The van der Waals surface area contributed by atoms with Crippen molar-refractivity contribution in [1.82, 2.24) is 24.1 Å². The van der Waals surface area contributed by atoms with E-state index in [0.29, 0.717) is 17.9 Å². The van der Waals surface area contributed by atoms with Gasteiger partial charge in [0.25, 0.3) is 11.5 Å². The number of amides is 1. The van der Waals surface area contributed by atoms with Gasteiger partial charge in [0, 0.05) is 14.1 Å². The number of benzene rings is 1. The maximum absolute atomic E-state index is 12.4. The predicted octanol–water partition coefficient (Wildman–Crippen LogP) is -0.312. The number of phenols is 1. The van der Waals surface area contributed by atoms with Crippen LogP contribution >= 0.6 is 0 Å². The van der Waals surface area contributed by atoms with Gasteiger partial charge in [-0.15, -0.1) is 0 Å². The highest BCUT2D eigenvalue weighted by Crippen LogP contribution is 2.26. The van der Waals surface area contributed by atoms with E-state index in [9.17, 15) is 19.5 Å².